The van der Waals surface area contributed by atoms with Crippen LogP contribution in [-0.4, -0.2) is 80.4 Å². The summed E-state index contributed by atoms with van der Waals surface area (Å²) in [4.78, 5) is 20.2. The van der Waals surface area contributed by atoms with E-state index in [0.717, 1.165) is 37.8 Å². The van der Waals surface area contributed by atoms with E-state index in [9.17, 15) is 13.9 Å². The van der Waals surface area contributed by atoms with Crippen molar-refractivity contribution in [2.75, 3.05) is 31.6 Å². The molecule has 0 aromatic carbocycles. The third kappa shape index (κ3) is 4.18. The fraction of sp³-hybridized carbons (Fsp3) is 0.474. The maximum Gasteiger partial charge on any atom is 0.279 e. The highest BCUT2D eigenvalue weighted by molar-refractivity contribution is 5.97. The second kappa shape index (κ2) is 7.60. The first-order valence-corrected chi connectivity index (χ1v) is 9.45. The largest absolute Gasteiger partial charge is 0.388 e. The third-order valence-electron chi connectivity index (χ3n) is 5.53. The molecular weight excluding hydrogens is 380 g/mol. The number of anilines is 1. The highest BCUT2D eigenvalue weighted by atomic mass is 19.3. The number of piperazine rings is 1. The zero-order valence-electron chi connectivity index (χ0n) is 16.0. The summed E-state index contributed by atoms with van der Waals surface area (Å²) < 4.78 is 24.8. The van der Waals surface area contributed by atoms with Gasteiger partial charge in [0, 0.05) is 25.7 Å². The third-order valence-corrected chi connectivity index (χ3v) is 5.53. The van der Waals surface area contributed by atoms with Gasteiger partial charge < -0.3 is 15.0 Å². The van der Waals surface area contributed by atoms with Crippen LogP contribution in [0.4, 0.5) is 14.6 Å². The molecule has 3 heterocycles. The second-order valence-corrected chi connectivity index (χ2v) is 7.58. The summed E-state index contributed by atoms with van der Waals surface area (Å²) in [5.41, 5.74) is -0.107. The Morgan fingerprint density at radius 3 is 2.86 bits per heavy atom. The minimum Gasteiger partial charge on any atom is -0.388 e. The highest BCUT2D eigenvalue weighted by Crippen LogP contribution is 2.42. The summed E-state index contributed by atoms with van der Waals surface area (Å²) >= 11 is 0. The summed E-state index contributed by atoms with van der Waals surface area (Å²) in [7, 11) is 2.04. The molecule has 2 fully saturated rings. The summed E-state index contributed by atoms with van der Waals surface area (Å²) in [6.07, 6.45) is 4.25. The van der Waals surface area contributed by atoms with Crippen molar-refractivity contribution in [3.05, 3.63) is 30.5 Å². The van der Waals surface area contributed by atoms with Crippen LogP contribution < -0.4 is 4.90 Å². The van der Waals surface area contributed by atoms with E-state index >= 15 is 0 Å². The number of allylic oxidation sites excluding steroid dienone is 1. The molecule has 1 saturated heterocycles. The number of aliphatic hydroxyl groups is 1. The highest BCUT2D eigenvalue weighted by Gasteiger charge is 2.51. The number of nitrogens with zero attached hydrogens (tertiary/aromatic N) is 5. The Morgan fingerprint density at radius 1 is 1.34 bits per heavy atom. The number of hydrogen-bond acceptors (Lipinski definition) is 7. The smallest absolute Gasteiger partial charge is 0.279 e. The summed E-state index contributed by atoms with van der Waals surface area (Å²) in [5.74, 6) is 1.13. The van der Waals surface area contributed by atoms with E-state index in [1.54, 1.807) is 6.20 Å². The molecule has 0 radical (unpaired) electrons. The van der Waals surface area contributed by atoms with E-state index in [0.29, 0.717) is 23.8 Å². The van der Waals surface area contributed by atoms with Gasteiger partial charge in [-0.2, -0.15) is 0 Å². The van der Waals surface area contributed by atoms with Gasteiger partial charge in [-0.15, -0.1) is 0 Å². The first-order chi connectivity index (χ1) is 13.9. The molecule has 2 aromatic heterocycles. The average molecular weight is 403 g/mol. The van der Waals surface area contributed by atoms with Crippen LogP contribution in [0.1, 0.15) is 18.7 Å². The standard InChI is InChI=1S/C19H23F2N7O/c1-27-6-7-28(10-15(27)19(29)4-5-19)17-8-13(24-11-25-17)14-9-23-16(26-14)3-2-12(22)18(20)21/h2-3,8-9,11,15,18,22,29H,4-7,10H2,1H3,(H,23,26)/b3-2-,22-12?. The number of H-pyrrole nitrogens is 1. The van der Waals surface area contributed by atoms with E-state index in [2.05, 4.69) is 29.7 Å². The molecule has 0 spiro atoms. The maximum atomic E-state index is 12.4. The van der Waals surface area contributed by atoms with Gasteiger partial charge >= 0.3 is 0 Å². The SMILES string of the molecule is CN1CCN(c2cc(-c3cnc(/C=C\C(=N)C(F)F)[nH]3)ncn2)CC1C1(O)CC1. The van der Waals surface area contributed by atoms with Crippen molar-refractivity contribution >= 4 is 17.6 Å². The molecular formula is C19H23F2N7O. The Hall–Kier alpha value is -2.72. The summed E-state index contributed by atoms with van der Waals surface area (Å²) in [6, 6.07) is 1.92. The topological polar surface area (TPSA) is 105 Å². The van der Waals surface area contributed by atoms with Crippen LogP contribution in [0.3, 0.4) is 0 Å². The van der Waals surface area contributed by atoms with Crippen LogP contribution in [0.15, 0.2) is 24.7 Å². The Labute approximate surface area is 166 Å². The van der Waals surface area contributed by atoms with E-state index in [4.69, 9.17) is 5.41 Å². The maximum absolute atomic E-state index is 12.4. The van der Waals surface area contributed by atoms with Crippen molar-refractivity contribution in [2.45, 2.75) is 30.9 Å². The average Bonchev–Trinajstić information content (AvgIpc) is 3.28. The lowest BCUT2D eigenvalue weighted by Gasteiger charge is -2.42. The van der Waals surface area contributed by atoms with Gasteiger partial charge in [-0.3, -0.25) is 10.3 Å². The molecule has 0 amide bonds. The van der Waals surface area contributed by atoms with Gasteiger partial charge in [0.2, 0.25) is 0 Å². The summed E-state index contributed by atoms with van der Waals surface area (Å²) in [5, 5.41) is 17.7. The van der Waals surface area contributed by atoms with Crippen molar-refractivity contribution < 1.29 is 13.9 Å². The number of aromatic nitrogens is 4. The summed E-state index contributed by atoms with van der Waals surface area (Å²) in [6.45, 7) is 2.32. The molecule has 1 aliphatic heterocycles. The molecule has 1 saturated carbocycles. The lowest BCUT2D eigenvalue weighted by molar-refractivity contribution is 0.0364. The van der Waals surface area contributed by atoms with E-state index in [1.165, 1.54) is 12.4 Å². The van der Waals surface area contributed by atoms with Crippen LogP contribution in [0.25, 0.3) is 17.5 Å². The minimum atomic E-state index is -2.81. The lowest BCUT2D eigenvalue weighted by Crippen LogP contribution is -2.57. The fourth-order valence-electron chi connectivity index (χ4n) is 3.58. The van der Waals surface area contributed by atoms with Crippen molar-refractivity contribution in [1.82, 2.24) is 24.8 Å². The van der Waals surface area contributed by atoms with Crippen LogP contribution >= 0.6 is 0 Å². The monoisotopic (exact) mass is 403 g/mol. The Bertz CT molecular complexity index is 925. The van der Waals surface area contributed by atoms with Gasteiger partial charge in [-0.05, 0) is 32.0 Å². The first kappa shape index (κ1) is 19.6. The van der Waals surface area contributed by atoms with Crippen molar-refractivity contribution in [3.63, 3.8) is 0 Å². The zero-order chi connectivity index (χ0) is 20.6. The second-order valence-electron chi connectivity index (χ2n) is 7.58. The number of hydrogen-bond donors (Lipinski definition) is 3. The van der Waals surface area contributed by atoms with Gasteiger partial charge in [0.1, 0.15) is 18.0 Å². The molecule has 1 unspecified atom stereocenters. The van der Waals surface area contributed by atoms with Gasteiger partial charge in [0.05, 0.1) is 34.9 Å². The number of halogens is 2. The van der Waals surface area contributed by atoms with Crippen LogP contribution in [0.5, 0.6) is 0 Å². The van der Waals surface area contributed by atoms with Gasteiger partial charge in [0.25, 0.3) is 6.43 Å². The number of nitrogens with one attached hydrogen (secondary N) is 2. The van der Waals surface area contributed by atoms with Crippen LogP contribution in [0.2, 0.25) is 0 Å². The van der Waals surface area contributed by atoms with Gasteiger partial charge in [-0.25, -0.2) is 23.7 Å². The Morgan fingerprint density at radius 2 is 2.14 bits per heavy atom. The number of rotatable bonds is 6. The molecule has 10 heteroatoms. The van der Waals surface area contributed by atoms with E-state index in [-0.39, 0.29) is 6.04 Å². The number of alkyl halides is 2. The molecule has 1 atom stereocenters. The quantitative estimate of drug-likeness (QED) is 0.636. The minimum absolute atomic E-state index is 0.0729. The van der Waals surface area contributed by atoms with Crippen LogP contribution in [-0.2, 0) is 0 Å². The first-order valence-electron chi connectivity index (χ1n) is 9.45. The van der Waals surface area contributed by atoms with Gasteiger partial charge in [0.15, 0.2) is 0 Å². The molecule has 29 heavy (non-hydrogen) atoms. The predicted molar refractivity (Wildman–Crippen MR) is 105 cm³/mol. The molecule has 2 aromatic rings. The van der Waals surface area contributed by atoms with Crippen LogP contribution in [0, 0.1) is 5.41 Å². The number of imidazole rings is 1. The number of likely N-dealkylation sites (N-methyl/N-ethyl adjacent to an activating group) is 1. The lowest BCUT2D eigenvalue weighted by atomic mass is 10.0. The Balaban J connectivity index is 1.50. The molecule has 2 aliphatic rings. The van der Waals surface area contributed by atoms with Crippen molar-refractivity contribution in [1.29, 1.82) is 5.41 Å². The molecule has 8 nitrogen and oxygen atoms in total. The normalized spacial score (nSPS) is 21.8. The predicted octanol–water partition coefficient (Wildman–Crippen LogP) is 1.81. The fourth-order valence-corrected chi connectivity index (χ4v) is 3.58. The molecule has 4 rings (SSSR count). The van der Waals surface area contributed by atoms with Crippen molar-refractivity contribution in [2.24, 2.45) is 0 Å². The Kier molecular flexibility index (Phi) is 5.13. The molecule has 154 valence electrons. The van der Waals surface area contributed by atoms with E-state index in [1.807, 2.05) is 13.1 Å². The van der Waals surface area contributed by atoms with Gasteiger partial charge in [-0.1, -0.05) is 0 Å². The molecule has 1 aliphatic carbocycles. The molecule has 3 N–H and O–H groups in total. The number of aromatic amines is 1. The van der Waals surface area contributed by atoms with E-state index < -0.39 is 17.7 Å². The zero-order valence-corrected chi connectivity index (χ0v) is 16.0. The van der Waals surface area contributed by atoms with Crippen molar-refractivity contribution in [3.8, 4) is 11.4 Å². The molecule has 0 bridgehead atoms.